The van der Waals surface area contributed by atoms with Gasteiger partial charge in [0.05, 0.1) is 38.4 Å². The standard InChI is InChI=1S/C29H21N3OS2/c1-19-9-7-14-26-27(19)31-29(35-26)32(18-20-10-3-2-4-11-20)28(33)22-17-24(25-15-8-16-34-25)30-23-13-6-5-12-21(22)23/h2-17H,18H2,1H3. The quantitative estimate of drug-likeness (QED) is 0.248. The summed E-state index contributed by atoms with van der Waals surface area (Å²) < 4.78 is 1.07. The summed E-state index contributed by atoms with van der Waals surface area (Å²) in [5, 5.41) is 3.56. The van der Waals surface area contributed by atoms with Gasteiger partial charge in [0, 0.05) is 5.39 Å². The van der Waals surface area contributed by atoms with E-state index in [1.165, 1.54) is 0 Å². The Balaban J connectivity index is 1.53. The Morgan fingerprint density at radius 1 is 0.886 bits per heavy atom. The molecular weight excluding hydrogens is 470 g/mol. The summed E-state index contributed by atoms with van der Waals surface area (Å²) >= 11 is 3.17. The third-order valence-electron chi connectivity index (χ3n) is 5.99. The second kappa shape index (κ2) is 9.06. The molecule has 0 aliphatic rings. The Morgan fingerprint density at radius 3 is 2.51 bits per heavy atom. The maximum atomic E-state index is 14.3. The first kappa shape index (κ1) is 21.6. The minimum Gasteiger partial charge on any atom is -0.279 e. The molecule has 3 heterocycles. The SMILES string of the molecule is Cc1cccc2sc(N(Cc3ccccc3)C(=O)c3cc(-c4cccs4)nc4ccccc34)nc12. The van der Waals surface area contributed by atoms with Crippen LogP contribution in [0.1, 0.15) is 21.5 Å². The van der Waals surface area contributed by atoms with E-state index in [2.05, 4.69) is 19.1 Å². The molecule has 3 aromatic carbocycles. The highest BCUT2D eigenvalue weighted by molar-refractivity contribution is 7.22. The Kier molecular flexibility index (Phi) is 5.60. The number of aryl methyl sites for hydroxylation is 1. The molecule has 0 N–H and O–H groups in total. The molecule has 0 saturated carbocycles. The Bertz CT molecular complexity index is 1660. The van der Waals surface area contributed by atoms with Crippen molar-refractivity contribution in [2.24, 2.45) is 0 Å². The highest BCUT2D eigenvalue weighted by Crippen LogP contribution is 2.34. The van der Waals surface area contributed by atoms with Crippen LogP contribution in [0.5, 0.6) is 0 Å². The third-order valence-corrected chi connectivity index (χ3v) is 7.93. The average molecular weight is 492 g/mol. The number of hydrogen-bond acceptors (Lipinski definition) is 5. The van der Waals surface area contributed by atoms with Crippen molar-refractivity contribution in [3.05, 3.63) is 113 Å². The van der Waals surface area contributed by atoms with E-state index in [-0.39, 0.29) is 5.91 Å². The van der Waals surface area contributed by atoms with Crippen molar-refractivity contribution in [2.75, 3.05) is 4.90 Å². The zero-order chi connectivity index (χ0) is 23.8. The van der Waals surface area contributed by atoms with E-state index in [1.54, 1.807) is 27.6 Å². The molecule has 4 nitrogen and oxygen atoms in total. The lowest BCUT2D eigenvalue weighted by Crippen LogP contribution is -2.30. The lowest BCUT2D eigenvalue weighted by atomic mass is 10.1. The van der Waals surface area contributed by atoms with Crippen LogP contribution < -0.4 is 4.90 Å². The Hall–Kier alpha value is -3.87. The lowest BCUT2D eigenvalue weighted by Gasteiger charge is -2.21. The van der Waals surface area contributed by atoms with Crippen molar-refractivity contribution >= 4 is 54.8 Å². The fourth-order valence-corrected chi connectivity index (χ4v) is 5.96. The topological polar surface area (TPSA) is 46.1 Å². The van der Waals surface area contributed by atoms with Gasteiger partial charge in [-0.3, -0.25) is 9.69 Å². The average Bonchev–Trinajstić information content (AvgIpc) is 3.58. The van der Waals surface area contributed by atoms with Crippen molar-refractivity contribution in [3.63, 3.8) is 0 Å². The van der Waals surface area contributed by atoms with Crippen LogP contribution in [0.15, 0.2) is 96.4 Å². The van der Waals surface area contributed by atoms with Crippen molar-refractivity contribution in [1.29, 1.82) is 0 Å². The lowest BCUT2D eigenvalue weighted by molar-refractivity contribution is 0.0986. The summed E-state index contributed by atoms with van der Waals surface area (Å²) in [4.78, 5) is 26.9. The van der Waals surface area contributed by atoms with E-state index >= 15 is 0 Å². The third kappa shape index (κ3) is 4.11. The number of rotatable bonds is 5. The van der Waals surface area contributed by atoms with Gasteiger partial charge in [-0.1, -0.05) is 78.1 Å². The summed E-state index contributed by atoms with van der Waals surface area (Å²) in [5.41, 5.74) is 5.34. The second-order valence-corrected chi connectivity index (χ2v) is 10.3. The van der Waals surface area contributed by atoms with Gasteiger partial charge >= 0.3 is 0 Å². The summed E-state index contributed by atoms with van der Waals surface area (Å²) in [6.45, 7) is 2.49. The first-order valence-electron chi connectivity index (χ1n) is 11.3. The first-order valence-corrected chi connectivity index (χ1v) is 13.0. The number of amides is 1. The fourth-order valence-electron chi connectivity index (χ4n) is 4.23. The molecule has 35 heavy (non-hydrogen) atoms. The molecule has 6 heteroatoms. The molecule has 0 spiro atoms. The zero-order valence-electron chi connectivity index (χ0n) is 19.0. The zero-order valence-corrected chi connectivity index (χ0v) is 20.6. The van der Waals surface area contributed by atoms with Gasteiger partial charge in [0.25, 0.3) is 5.91 Å². The van der Waals surface area contributed by atoms with Crippen molar-refractivity contribution < 1.29 is 4.79 Å². The van der Waals surface area contributed by atoms with E-state index in [9.17, 15) is 4.79 Å². The van der Waals surface area contributed by atoms with Gasteiger partial charge < -0.3 is 0 Å². The number of carbonyl (C=O) groups excluding carboxylic acids is 1. The maximum Gasteiger partial charge on any atom is 0.261 e. The van der Waals surface area contributed by atoms with Crippen LogP contribution in [0, 0.1) is 6.92 Å². The summed E-state index contributed by atoms with van der Waals surface area (Å²) in [7, 11) is 0. The summed E-state index contributed by atoms with van der Waals surface area (Å²) in [6.07, 6.45) is 0. The maximum absolute atomic E-state index is 14.3. The number of carbonyl (C=O) groups is 1. The highest BCUT2D eigenvalue weighted by atomic mass is 32.1. The van der Waals surface area contributed by atoms with Crippen molar-refractivity contribution in [3.8, 4) is 10.6 Å². The minimum atomic E-state index is -0.0815. The molecule has 0 fully saturated rings. The predicted octanol–water partition coefficient (Wildman–Crippen LogP) is 7.73. The van der Waals surface area contributed by atoms with Gasteiger partial charge in [-0.25, -0.2) is 9.97 Å². The van der Waals surface area contributed by atoms with Gasteiger partial charge in [-0.05, 0) is 47.7 Å². The number of thiazole rings is 1. The van der Waals surface area contributed by atoms with Crippen LogP contribution in [-0.4, -0.2) is 15.9 Å². The van der Waals surface area contributed by atoms with Crippen molar-refractivity contribution in [1.82, 2.24) is 9.97 Å². The molecule has 0 aliphatic carbocycles. The fraction of sp³-hybridized carbons (Fsp3) is 0.0690. The van der Waals surface area contributed by atoms with Gasteiger partial charge in [0.1, 0.15) is 0 Å². The summed E-state index contributed by atoms with van der Waals surface area (Å²) in [6, 6.07) is 30.0. The number of fused-ring (bicyclic) bond motifs is 2. The molecule has 170 valence electrons. The molecule has 0 unspecified atom stereocenters. The molecule has 0 atom stereocenters. The smallest absolute Gasteiger partial charge is 0.261 e. The monoisotopic (exact) mass is 491 g/mol. The van der Waals surface area contributed by atoms with Crippen LogP contribution >= 0.6 is 22.7 Å². The summed E-state index contributed by atoms with van der Waals surface area (Å²) in [5.74, 6) is -0.0815. The van der Waals surface area contributed by atoms with Crippen molar-refractivity contribution in [2.45, 2.75) is 13.5 Å². The first-order chi connectivity index (χ1) is 17.2. The number of thiophene rings is 1. The van der Waals surface area contributed by atoms with Gasteiger partial charge in [-0.2, -0.15) is 0 Å². The highest BCUT2D eigenvalue weighted by Gasteiger charge is 2.25. The number of benzene rings is 3. The Morgan fingerprint density at radius 2 is 1.71 bits per heavy atom. The number of nitrogens with zero attached hydrogens (tertiary/aromatic N) is 3. The molecular formula is C29H21N3OS2. The molecule has 0 radical (unpaired) electrons. The second-order valence-electron chi connectivity index (χ2n) is 8.34. The number of para-hydroxylation sites is 2. The van der Waals surface area contributed by atoms with Gasteiger partial charge in [0.2, 0.25) is 0 Å². The van der Waals surface area contributed by atoms with Gasteiger partial charge in [-0.15, -0.1) is 11.3 Å². The van der Waals surface area contributed by atoms with E-state index in [4.69, 9.17) is 9.97 Å². The number of anilines is 1. The van der Waals surface area contributed by atoms with E-state index < -0.39 is 0 Å². The number of hydrogen-bond donors (Lipinski definition) is 0. The largest absolute Gasteiger partial charge is 0.279 e. The molecule has 6 rings (SSSR count). The van der Waals surface area contributed by atoms with E-state index in [0.717, 1.165) is 42.8 Å². The van der Waals surface area contributed by atoms with Crippen LogP contribution in [0.4, 0.5) is 5.13 Å². The minimum absolute atomic E-state index is 0.0815. The van der Waals surface area contributed by atoms with Crippen LogP contribution in [0.25, 0.3) is 31.7 Å². The van der Waals surface area contributed by atoms with E-state index in [1.807, 2.05) is 84.2 Å². The molecule has 3 aromatic heterocycles. The Labute approximate surface area is 211 Å². The molecule has 1 amide bonds. The molecule has 6 aromatic rings. The number of pyridine rings is 1. The van der Waals surface area contributed by atoms with E-state index in [0.29, 0.717) is 17.2 Å². The molecule has 0 saturated heterocycles. The van der Waals surface area contributed by atoms with Crippen LogP contribution in [-0.2, 0) is 6.54 Å². The molecule has 0 bridgehead atoms. The van der Waals surface area contributed by atoms with Crippen LogP contribution in [0.2, 0.25) is 0 Å². The predicted molar refractivity (Wildman–Crippen MR) is 146 cm³/mol. The van der Waals surface area contributed by atoms with Crippen LogP contribution in [0.3, 0.4) is 0 Å². The number of aromatic nitrogens is 2. The molecule has 0 aliphatic heterocycles. The van der Waals surface area contributed by atoms with Gasteiger partial charge in [0.15, 0.2) is 5.13 Å². The normalized spacial score (nSPS) is 11.2.